The number of aromatic nitrogens is 1. The van der Waals surface area contributed by atoms with E-state index in [1.54, 1.807) is 0 Å². The van der Waals surface area contributed by atoms with E-state index >= 15 is 0 Å². The van der Waals surface area contributed by atoms with Crippen molar-refractivity contribution in [3.63, 3.8) is 0 Å². The molecule has 2 heterocycles. The summed E-state index contributed by atoms with van der Waals surface area (Å²) in [7, 11) is 0. The van der Waals surface area contributed by atoms with Crippen LogP contribution in [0.15, 0.2) is 54.6 Å². The number of para-hydroxylation sites is 1. The molecule has 0 spiro atoms. The monoisotopic (exact) mass is 334 g/mol. The second-order valence-electron chi connectivity index (χ2n) is 6.02. The molecule has 0 unspecified atom stereocenters. The Labute approximate surface area is 144 Å². The van der Waals surface area contributed by atoms with Gasteiger partial charge in [0, 0.05) is 23.0 Å². The first-order chi connectivity index (χ1) is 12.2. The van der Waals surface area contributed by atoms with Gasteiger partial charge in [0.2, 0.25) is 5.91 Å². The van der Waals surface area contributed by atoms with Crippen molar-refractivity contribution < 1.29 is 9.59 Å². The number of anilines is 1. The number of fused-ring (bicyclic) bond motifs is 1. The van der Waals surface area contributed by atoms with E-state index < -0.39 is 6.04 Å². The van der Waals surface area contributed by atoms with E-state index in [2.05, 4.69) is 20.9 Å². The third-order valence-corrected chi connectivity index (χ3v) is 4.36. The summed E-state index contributed by atoms with van der Waals surface area (Å²) in [6, 6.07) is 16.8. The molecular weight excluding hydrogens is 316 g/mol. The molecule has 0 radical (unpaired) electrons. The Morgan fingerprint density at radius 2 is 1.80 bits per heavy atom. The Hall–Kier alpha value is -3.28. The topological polar surface area (TPSA) is 86.0 Å². The lowest BCUT2D eigenvalue weighted by molar-refractivity contribution is -0.120. The van der Waals surface area contributed by atoms with Crippen LogP contribution in [0.25, 0.3) is 22.2 Å². The van der Waals surface area contributed by atoms with Crippen molar-refractivity contribution in [1.29, 1.82) is 0 Å². The van der Waals surface area contributed by atoms with Crippen molar-refractivity contribution in [3.05, 3.63) is 54.6 Å². The number of H-pyrrole nitrogens is 1. The second-order valence-corrected chi connectivity index (χ2v) is 6.02. The van der Waals surface area contributed by atoms with Gasteiger partial charge in [0.15, 0.2) is 0 Å². The first-order valence-corrected chi connectivity index (χ1v) is 8.24. The summed E-state index contributed by atoms with van der Waals surface area (Å²) in [5, 5.41) is 9.29. The summed E-state index contributed by atoms with van der Waals surface area (Å²) >= 11 is 0. The lowest BCUT2D eigenvalue weighted by Crippen LogP contribution is -2.42. The van der Waals surface area contributed by atoms with Crippen molar-refractivity contribution in [2.24, 2.45) is 0 Å². The summed E-state index contributed by atoms with van der Waals surface area (Å²) in [4.78, 5) is 27.4. The van der Waals surface area contributed by atoms with Crippen LogP contribution in [0.4, 0.5) is 10.5 Å². The number of nitrogens with one attached hydrogen (secondary N) is 4. The molecule has 2 aromatic carbocycles. The van der Waals surface area contributed by atoms with Gasteiger partial charge in [0.05, 0.1) is 11.4 Å². The van der Waals surface area contributed by atoms with Crippen LogP contribution in [0.3, 0.4) is 0 Å². The molecule has 6 nitrogen and oxygen atoms in total. The van der Waals surface area contributed by atoms with Gasteiger partial charge in [-0.2, -0.15) is 0 Å². The van der Waals surface area contributed by atoms with Gasteiger partial charge in [-0.1, -0.05) is 48.5 Å². The smallest absolute Gasteiger partial charge is 0.319 e. The van der Waals surface area contributed by atoms with Gasteiger partial charge >= 0.3 is 6.03 Å². The van der Waals surface area contributed by atoms with Crippen molar-refractivity contribution >= 4 is 28.5 Å². The number of benzene rings is 2. The highest BCUT2D eigenvalue weighted by atomic mass is 16.2. The Balaban J connectivity index is 1.68. The fourth-order valence-corrected chi connectivity index (χ4v) is 3.13. The van der Waals surface area contributed by atoms with Crippen molar-refractivity contribution in [1.82, 2.24) is 15.6 Å². The maximum Gasteiger partial charge on any atom is 0.319 e. The minimum atomic E-state index is -0.481. The molecule has 3 aromatic rings. The Morgan fingerprint density at radius 3 is 2.56 bits per heavy atom. The highest BCUT2D eigenvalue weighted by molar-refractivity contribution is 6.08. The molecule has 1 aliphatic rings. The van der Waals surface area contributed by atoms with E-state index in [1.807, 2.05) is 54.6 Å². The minimum absolute atomic E-state index is 0.141. The summed E-state index contributed by atoms with van der Waals surface area (Å²) in [5.41, 5.74) is 3.47. The lowest BCUT2D eigenvalue weighted by Gasteiger charge is -2.12. The summed E-state index contributed by atoms with van der Waals surface area (Å²) in [6.45, 7) is 0.589. The number of amides is 3. The second kappa shape index (κ2) is 6.32. The van der Waals surface area contributed by atoms with Gasteiger partial charge in [-0.15, -0.1) is 0 Å². The predicted octanol–water partition coefficient (Wildman–Crippen LogP) is 2.84. The largest absolute Gasteiger partial charge is 0.354 e. The molecule has 1 atom stereocenters. The molecule has 0 saturated carbocycles. The van der Waals surface area contributed by atoms with E-state index in [9.17, 15) is 9.59 Å². The van der Waals surface area contributed by atoms with E-state index in [-0.39, 0.29) is 11.9 Å². The van der Waals surface area contributed by atoms with E-state index in [0.29, 0.717) is 18.7 Å². The minimum Gasteiger partial charge on any atom is -0.354 e. The molecule has 1 fully saturated rings. The molecule has 4 rings (SSSR count). The molecule has 0 aliphatic carbocycles. The predicted molar refractivity (Wildman–Crippen MR) is 97.3 cm³/mol. The number of urea groups is 1. The van der Waals surface area contributed by atoms with Crippen LogP contribution in [-0.4, -0.2) is 29.5 Å². The average Bonchev–Trinajstić information content (AvgIpc) is 3.20. The van der Waals surface area contributed by atoms with Crippen molar-refractivity contribution in [2.75, 3.05) is 11.9 Å². The maximum atomic E-state index is 12.4. The highest BCUT2D eigenvalue weighted by Gasteiger charge is 2.26. The van der Waals surface area contributed by atoms with Crippen LogP contribution in [0, 0.1) is 0 Å². The van der Waals surface area contributed by atoms with E-state index in [0.717, 1.165) is 22.2 Å². The Kier molecular flexibility index (Phi) is 3.85. The van der Waals surface area contributed by atoms with Crippen LogP contribution in [0.2, 0.25) is 0 Å². The van der Waals surface area contributed by atoms with Crippen LogP contribution >= 0.6 is 0 Å². The highest BCUT2D eigenvalue weighted by Crippen LogP contribution is 2.34. The van der Waals surface area contributed by atoms with Gasteiger partial charge in [0.25, 0.3) is 0 Å². The van der Waals surface area contributed by atoms with Crippen LogP contribution < -0.4 is 16.0 Å². The normalized spacial score (nSPS) is 16.6. The zero-order chi connectivity index (χ0) is 17.2. The number of carbonyl (C=O) groups is 2. The summed E-state index contributed by atoms with van der Waals surface area (Å²) in [6.07, 6.45) is 0.603. The molecule has 1 aromatic heterocycles. The van der Waals surface area contributed by atoms with E-state index in [1.165, 1.54) is 0 Å². The molecule has 1 saturated heterocycles. The van der Waals surface area contributed by atoms with Gasteiger partial charge in [-0.05, 0) is 12.5 Å². The Bertz CT molecular complexity index is 933. The zero-order valence-corrected chi connectivity index (χ0v) is 13.5. The molecule has 1 aliphatic heterocycles. The van der Waals surface area contributed by atoms with E-state index in [4.69, 9.17) is 0 Å². The quantitative estimate of drug-likeness (QED) is 0.594. The number of hydrogen-bond acceptors (Lipinski definition) is 2. The molecule has 126 valence electrons. The first-order valence-electron chi connectivity index (χ1n) is 8.24. The van der Waals surface area contributed by atoms with Gasteiger partial charge in [0.1, 0.15) is 6.04 Å². The maximum absolute atomic E-state index is 12.4. The molecule has 0 bridgehead atoms. The number of carbonyl (C=O) groups excluding carboxylic acids is 2. The molecule has 3 amide bonds. The summed E-state index contributed by atoms with van der Waals surface area (Å²) in [5.74, 6) is -0.141. The van der Waals surface area contributed by atoms with Gasteiger partial charge in [-0.25, -0.2) is 4.79 Å². The molecular formula is C19H18N4O2. The number of aromatic amines is 1. The third kappa shape index (κ3) is 2.94. The van der Waals surface area contributed by atoms with Crippen LogP contribution in [0.5, 0.6) is 0 Å². The standard InChI is InChI=1S/C19H18N4O2/c24-18-15(10-11-20-18)22-19(25)23-17-13-8-4-5-9-14(13)21-16(17)12-6-2-1-3-7-12/h1-9,15,21H,10-11H2,(H,20,24)(H2,22,23,25)/t15-/m0/s1. The average molecular weight is 334 g/mol. The summed E-state index contributed by atoms with van der Waals surface area (Å²) < 4.78 is 0. The van der Waals surface area contributed by atoms with Gasteiger partial charge in [-0.3, -0.25) is 4.79 Å². The lowest BCUT2D eigenvalue weighted by atomic mass is 10.1. The zero-order valence-electron chi connectivity index (χ0n) is 13.5. The Morgan fingerprint density at radius 1 is 1.04 bits per heavy atom. The van der Waals surface area contributed by atoms with Crippen molar-refractivity contribution in [3.8, 4) is 11.3 Å². The van der Waals surface area contributed by atoms with Crippen LogP contribution in [-0.2, 0) is 4.79 Å². The fraction of sp³-hybridized carbons (Fsp3) is 0.158. The number of hydrogen-bond donors (Lipinski definition) is 4. The third-order valence-electron chi connectivity index (χ3n) is 4.36. The molecule has 6 heteroatoms. The fourth-order valence-electron chi connectivity index (χ4n) is 3.13. The number of rotatable bonds is 3. The SMILES string of the molecule is O=C(Nc1c(-c2ccccc2)[nH]c2ccccc12)N[C@H]1CCNC1=O. The molecule has 4 N–H and O–H groups in total. The first kappa shape index (κ1) is 15.3. The van der Waals surface area contributed by atoms with Crippen LogP contribution in [0.1, 0.15) is 6.42 Å². The van der Waals surface area contributed by atoms with Gasteiger partial charge < -0.3 is 20.9 Å². The van der Waals surface area contributed by atoms with Crippen molar-refractivity contribution in [2.45, 2.75) is 12.5 Å². The molecule has 25 heavy (non-hydrogen) atoms.